The van der Waals surface area contributed by atoms with E-state index in [0.717, 1.165) is 44.9 Å². The molecule has 1 amide bonds. The van der Waals surface area contributed by atoms with E-state index >= 15 is 0 Å². The average molecular weight is 1160 g/mol. The van der Waals surface area contributed by atoms with Gasteiger partial charge in [-0.1, -0.05) is 359 Å². The van der Waals surface area contributed by atoms with Gasteiger partial charge in [-0.3, -0.25) is 9.59 Å². The van der Waals surface area contributed by atoms with Gasteiger partial charge in [0.1, 0.15) is 0 Å². The fourth-order valence-electron chi connectivity index (χ4n) is 12.0. The summed E-state index contributed by atoms with van der Waals surface area (Å²) in [5.74, 6) is -0.0130. The lowest BCUT2D eigenvalue weighted by Crippen LogP contribution is -2.45. The van der Waals surface area contributed by atoms with Crippen molar-refractivity contribution < 1.29 is 24.5 Å². The van der Waals surface area contributed by atoms with Crippen molar-refractivity contribution in [2.75, 3.05) is 13.2 Å². The molecule has 0 heterocycles. The largest absolute Gasteiger partial charge is 0.466 e. The van der Waals surface area contributed by atoms with Crippen molar-refractivity contribution in [3.8, 4) is 0 Å². The number of hydrogen-bond acceptors (Lipinski definition) is 5. The van der Waals surface area contributed by atoms with Gasteiger partial charge in [0.25, 0.3) is 0 Å². The average Bonchev–Trinajstić information content (AvgIpc) is 3.48. The SMILES string of the molecule is CCCCCCCCC/C=C\CCCCCCCCCC(=O)OCCCCCCCCCCCCCC/C=C\CCCCCCCCCCCCCCCCCCC(=O)NC(CO)C(O)CCCCCCCCCCCCCCCCC. The van der Waals surface area contributed by atoms with Crippen LogP contribution in [0.25, 0.3) is 0 Å². The van der Waals surface area contributed by atoms with Gasteiger partial charge in [-0.05, 0) is 77.0 Å². The third-order valence-corrected chi connectivity index (χ3v) is 17.7. The topological polar surface area (TPSA) is 95.9 Å². The van der Waals surface area contributed by atoms with E-state index in [1.807, 2.05) is 0 Å². The number of ether oxygens (including phenoxy) is 1. The van der Waals surface area contributed by atoms with Crippen LogP contribution in [-0.4, -0.2) is 47.4 Å². The van der Waals surface area contributed by atoms with Crippen molar-refractivity contribution in [1.82, 2.24) is 5.32 Å². The molecule has 2 atom stereocenters. The van der Waals surface area contributed by atoms with Crippen molar-refractivity contribution in [2.45, 2.75) is 437 Å². The highest BCUT2D eigenvalue weighted by atomic mass is 16.5. The number of aliphatic hydroxyl groups excluding tert-OH is 2. The van der Waals surface area contributed by atoms with Crippen LogP contribution < -0.4 is 5.32 Å². The third-order valence-electron chi connectivity index (χ3n) is 17.7. The summed E-state index contributed by atoms with van der Waals surface area (Å²) >= 11 is 0. The molecule has 0 saturated heterocycles. The fraction of sp³-hybridized carbons (Fsp3) is 0.921. The molecule has 82 heavy (non-hydrogen) atoms. The number of carbonyl (C=O) groups excluding carboxylic acids is 2. The van der Waals surface area contributed by atoms with Crippen LogP contribution in [0.1, 0.15) is 425 Å². The van der Waals surface area contributed by atoms with Gasteiger partial charge in [-0.25, -0.2) is 0 Å². The Morgan fingerprint density at radius 3 is 0.866 bits per heavy atom. The number of allylic oxidation sites excluding steroid dienone is 4. The molecule has 0 aliphatic rings. The molecule has 3 N–H and O–H groups in total. The lowest BCUT2D eigenvalue weighted by atomic mass is 10.0. The maximum absolute atomic E-state index is 12.5. The number of amides is 1. The summed E-state index contributed by atoms with van der Waals surface area (Å²) in [7, 11) is 0. The molecule has 0 aromatic heterocycles. The van der Waals surface area contributed by atoms with Crippen LogP contribution in [0.5, 0.6) is 0 Å². The molecule has 0 rings (SSSR count). The van der Waals surface area contributed by atoms with Crippen LogP contribution >= 0.6 is 0 Å². The number of hydrogen-bond donors (Lipinski definition) is 3. The van der Waals surface area contributed by atoms with Crippen LogP contribution in [0.4, 0.5) is 0 Å². The van der Waals surface area contributed by atoms with Gasteiger partial charge in [0.15, 0.2) is 0 Å². The second-order valence-electron chi connectivity index (χ2n) is 26.0. The molecule has 0 aliphatic carbocycles. The number of esters is 1. The molecule has 0 fully saturated rings. The van der Waals surface area contributed by atoms with E-state index in [4.69, 9.17) is 4.74 Å². The Kier molecular flexibility index (Phi) is 70.4. The zero-order valence-corrected chi connectivity index (χ0v) is 55.8. The lowest BCUT2D eigenvalue weighted by molar-refractivity contribution is -0.143. The van der Waals surface area contributed by atoms with Gasteiger partial charge in [-0.15, -0.1) is 0 Å². The van der Waals surface area contributed by atoms with Crippen LogP contribution in [0, 0.1) is 0 Å². The standard InChI is InChI=1S/C76H147NO5/c1-3-5-7-9-11-13-15-17-19-20-38-42-46-50-54-58-62-66-70-76(81)82-71-67-63-59-55-51-47-43-39-36-34-32-30-28-26-24-22-21-23-25-27-29-31-33-35-37-41-45-49-53-57-61-65-69-75(80)77-73(72-78)74(79)68-64-60-56-52-48-44-40-18-16-14-12-10-8-6-4-2/h19-20,24,26,73-74,78-79H,3-18,21-23,25,27-72H2,1-2H3,(H,77,80)/b20-19-,26-24-. The van der Waals surface area contributed by atoms with Crippen molar-refractivity contribution in [2.24, 2.45) is 0 Å². The van der Waals surface area contributed by atoms with Gasteiger partial charge in [0, 0.05) is 12.8 Å². The highest BCUT2D eigenvalue weighted by Gasteiger charge is 2.20. The monoisotopic (exact) mass is 1150 g/mol. The first-order chi connectivity index (χ1) is 40.5. The van der Waals surface area contributed by atoms with E-state index in [0.29, 0.717) is 25.9 Å². The van der Waals surface area contributed by atoms with Crippen LogP contribution in [0.3, 0.4) is 0 Å². The summed E-state index contributed by atoms with van der Waals surface area (Å²) in [5.41, 5.74) is 0. The Labute approximate surface area is 513 Å². The first-order valence-electron chi connectivity index (χ1n) is 37.6. The molecule has 0 aromatic rings. The minimum atomic E-state index is -0.662. The van der Waals surface area contributed by atoms with E-state index in [9.17, 15) is 19.8 Å². The molecule has 0 bridgehead atoms. The van der Waals surface area contributed by atoms with Gasteiger partial charge in [0.2, 0.25) is 5.91 Å². The molecule has 0 radical (unpaired) electrons. The first-order valence-corrected chi connectivity index (χ1v) is 37.6. The first kappa shape index (κ1) is 80.3. The highest BCUT2D eigenvalue weighted by Crippen LogP contribution is 2.19. The molecule has 6 heteroatoms. The smallest absolute Gasteiger partial charge is 0.305 e. The van der Waals surface area contributed by atoms with Crippen molar-refractivity contribution in [3.05, 3.63) is 24.3 Å². The van der Waals surface area contributed by atoms with Crippen molar-refractivity contribution in [1.29, 1.82) is 0 Å². The van der Waals surface area contributed by atoms with Crippen LogP contribution in [0.15, 0.2) is 24.3 Å². The summed E-state index contributed by atoms with van der Waals surface area (Å²) in [6.07, 6.45) is 91.1. The molecular formula is C76H147NO5. The Morgan fingerprint density at radius 2 is 0.573 bits per heavy atom. The quantitative estimate of drug-likeness (QED) is 0.0320. The number of aliphatic hydroxyl groups is 2. The second-order valence-corrected chi connectivity index (χ2v) is 26.0. The maximum atomic E-state index is 12.5. The molecule has 0 spiro atoms. The minimum Gasteiger partial charge on any atom is -0.466 e. The van der Waals surface area contributed by atoms with E-state index in [1.165, 1.54) is 347 Å². The van der Waals surface area contributed by atoms with Gasteiger partial charge in [-0.2, -0.15) is 0 Å². The van der Waals surface area contributed by atoms with E-state index in [-0.39, 0.29) is 18.5 Å². The normalized spacial score (nSPS) is 12.6. The number of rotatable bonds is 71. The lowest BCUT2D eigenvalue weighted by Gasteiger charge is -2.22. The van der Waals surface area contributed by atoms with E-state index in [1.54, 1.807) is 0 Å². The molecule has 6 nitrogen and oxygen atoms in total. The summed E-state index contributed by atoms with van der Waals surface area (Å²) in [6, 6.07) is -0.539. The summed E-state index contributed by atoms with van der Waals surface area (Å²) in [5, 5.41) is 23.3. The van der Waals surface area contributed by atoms with Gasteiger partial charge >= 0.3 is 5.97 Å². The molecule has 0 aliphatic heterocycles. The Bertz CT molecular complexity index is 1280. The Hall–Kier alpha value is -1.66. The molecule has 486 valence electrons. The Balaban J connectivity index is 3.34. The fourth-order valence-corrected chi connectivity index (χ4v) is 12.0. The minimum absolute atomic E-state index is 0.0162. The summed E-state index contributed by atoms with van der Waals surface area (Å²) < 4.78 is 5.51. The van der Waals surface area contributed by atoms with Gasteiger partial charge < -0.3 is 20.3 Å². The van der Waals surface area contributed by atoms with Gasteiger partial charge in [0.05, 0.1) is 25.4 Å². The predicted molar refractivity (Wildman–Crippen MR) is 361 cm³/mol. The summed E-state index contributed by atoms with van der Waals surface area (Å²) in [6.45, 7) is 4.99. The molecular weight excluding hydrogens is 1010 g/mol. The van der Waals surface area contributed by atoms with E-state index in [2.05, 4.69) is 43.5 Å². The third kappa shape index (κ3) is 67.5. The molecule has 0 saturated carbocycles. The Morgan fingerprint density at radius 1 is 0.329 bits per heavy atom. The molecule has 2 unspecified atom stereocenters. The second kappa shape index (κ2) is 71.8. The number of nitrogens with one attached hydrogen (secondary N) is 1. The van der Waals surface area contributed by atoms with Crippen molar-refractivity contribution >= 4 is 11.9 Å². The van der Waals surface area contributed by atoms with Crippen LogP contribution in [0.2, 0.25) is 0 Å². The molecule has 0 aromatic carbocycles. The summed E-state index contributed by atoms with van der Waals surface area (Å²) in [4.78, 5) is 24.6. The highest BCUT2D eigenvalue weighted by molar-refractivity contribution is 5.76. The predicted octanol–water partition coefficient (Wildman–Crippen LogP) is 24.5. The zero-order chi connectivity index (χ0) is 59.2. The number of carbonyl (C=O) groups is 2. The number of unbranched alkanes of at least 4 members (excludes halogenated alkanes) is 56. The van der Waals surface area contributed by atoms with Crippen molar-refractivity contribution in [3.63, 3.8) is 0 Å². The maximum Gasteiger partial charge on any atom is 0.305 e. The zero-order valence-electron chi connectivity index (χ0n) is 55.8. The van der Waals surface area contributed by atoms with E-state index < -0.39 is 12.1 Å². The van der Waals surface area contributed by atoms with Crippen LogP contribution in [-0.2, 0) is 14.3 Å².